The number of nitrogens with zero attached hydrogens (tertiary/aromatic N) is 1. The molecule has 0 amide bonds. The molecule has 0 bridgehead atoms. The van der Waals surface area contributed by atoms with Gasteiger partial charge in [0.05, 0.1) is 5.70 Å². The monoisotopic (exact) mass is 805 g/mol. The maximum atomic E-state index is 11.9. The SMILES string of the molecule is CC(C)(C)c1ccc([O-])c(C(C)(C)C)c1Cl.CCC1=NC2=CC=C3C2=C1[Si]3(C)C.CCCc1cc2c(-c3ccc(C(C)(C)C)cc3)cccc2[cH-]1.[Zr+2]. The first-order valence-corrected chi connectivity index (χ1v) is 22.1. The van der Waals surface area contributed by atoms with Crippen molar-refractivity contribution >= 4 is 36.2 Å². The Hall–Kier alpha value is -2.65. The molecule has 0 atom stereocenters. The molecule has 0 saturated carbocycles. The van der Waals surface area contributed by atoms with Crippen LogP contribution in [0.5, 0.6) is 5.75 Å². The third-order valence-electron chi connectivity index (χ3n) is 10.4. The summed E-state index contributed by atoms with van der Waals surface area (Å²) in [7, 11) is -1.19. The average molecular weight is 808 g/mol. The van der Waals surface area contributed by atoms with Crippen molar-refractivity contribution in [2.75, 3.05) is 0 Å². The zero-order valence-electron chi connectivity index (χ0n) is 33.9. The fraction of sp³-hybridized carbons (Fsp3) is 0.404. The Balaban J connectivity index is 0.000000179. The van der Waals surface area contributed by atoms with Gasteiger partial charge in [0.1, 0.15) is 8.07 Å². The summed E-state index contributed by atoms with van der Waals surface area (Å²) in [5, 5.41) is 18.5. The minimum absolute atomic E-state index is 0. The Morgan fingerprint density at radius 1 is 0.808 bits per heavy atom. The van der Waals surface area contributed by atoms with Crippen LogP contribution in [0.15, 0.2) is 106 Å². The molecule has 0 spiro atoms. The van der Waals surface area contributed by atoms with E-state index in [0.29, 0.717) is 5.02 Å². The van der Waals surface area contributed by atoms with E-state index in [2.05, 4.69) is 140 Å². The molecule has 2 aliphatic heterocycles. The Morgan fingerprint density at radius 3 is 2.02 bits per heavy atom. The van der Waals surface area contributed by atoms with Crippen LogP contribution < -0.4 is 5.11 Å². The summed E-state index contributed by atoms with van der Waals surface area (Å²) in [5.74, 6) is 0.0329. The molecule has 4 aromatic rings. The van der Waals surface area contributed by atoms with Gasteiger partial charge in [0.15, 0.2) is 0 Å². The van der Waals surface area contributed by atoms with Crippen molar-refractivity contribution in [1.29, 1.82) is 0 Å². The Morgan fingerprint density at radius 2 is 1.46 bits per heavy atom. The summed E-state index contributed by atoms with van der Waals surface area (Å²) in [6, 6.07) is 23.9. The second-order valence-electron chi connectivity index (χ2n) is 18.0. The predicted octanol–water partition coefficient (Wildman–Crippen LogP) is 13.3. The van der Waals surface area contributed by atoms with Crippen molar-refractivity contribution < 1.29 is 31.3 Å². The van der Waals surface area contributed by atoms with Gasteiger partial charge in [0, 0.05) is 16.3 Å². The van der Waals surface area contributed by atoms with E-state index in [1.165, 1.54) is 56.4 Å². The molecule has 2 heterocycles. The fourth-order valence-corrected chi connectivity index (χ4v) is 11.7. The number of benzene rings is 3. The maximum absolute atomic E-state index is 11.9. The van der Waals surface area contributed by atoms with Gasteiger partial charge in [-0.15, -0.1) is 40.3 Å². The van der Waals surface area contributed by atoms with Gasteiger partial charge >= 0.3 is 26.2 Å². The minimum Gasteiger partial charge on any atom is -0.872 e. The molecule has 7 rings (SSSR count). The van der Waals surface area contributed by atoms with Crippen molar-refractivity contribution in [2.45, 2.75) is 125 Å². The molecule has 3 aliphatic rings. The number of rotatable bonds is 4. The van der Waals surface area contributed by atoms with Gasteiger partial charge in [-0.05, 0) is 67.8 Å². The molecule has 1 aliphatic carbocycles. The van der Waals surface area contributed by atoms with E-state index in [1.54, 1.807) is 16.5 Å². The Kier molecular flexibility index (Phi) is 12.6. The molecule has 5 heteroatoms. The molecular weight excluding hydrogens is 749 g/mol. The van der Waals surface area contributed by atoms with Gasteiger partial charge in [-0.2, -0.15) is 6.07 Å². The second kappa shape index (κ2) is 15.6. The average Bonchev–Trinajstić information content (AvgIpc) is 3.71. The van der Waals surface area contributed by atoms with Crippen LogP contribution in [-0.2, 0) is 48.9 Å². The summed E-state index contributed by atoms with van der Waals surface area (Å²) in [6.07, 6.45) is 7.94. The fourth-order valence-electron chi connectivity index (χ4n) is 7.66. The van der Waals surface area contributed by atoms with Gasteiger partial charge in [0.25, 0.3) is 0 Å². The smallest absolute Gasteiger partial charge is 0.872 e. The number of fused-ring (bicyclic) bond motifs is 1. The zero-order chi connectivity index (χ0) is 37.7. The van der Waals surface area contributed by atoms with Gasteiger partial charge in [-0.25, -0.2) is 0 Å². The number of hydrogen-bond donors (Lipinski definition) is 0. The second-order valence-corrected chi connectivity index (χ2v) is 22.6. The Labute approximate surface area is 339 Å². The molecule has 272 valence electrons. The van der Waals surface area contributed by atoms with E-state index in [-0.39, 0.29) is 48.2 Å². The third-order valence-corrected chi connectivity index (χ3v) is 14.4. The summed E-state index contributed by atoms with van der Waals surface area (Å²) < 4.78 is 0. The maximum Gasteiger partial charge on any atom is 2.00 e. The van der Waals surface area contributed by atoms with Crippen molar-refractivity contribution in [3.63, 3.8) is 0 Å². The van der Waals surface area contributed by atoms with Crippen molar-refractivity contribution in [2.24, 2.45) is 4.99 Å². The quantitative estimate of drug-likeness (QED) is 0.149. The summed E-state index contributed by atoms with van der Waals surface area (Å²) in [4.78, 5) is 4.67. The van der Waals surface area contributed by atoms with Gasteiger partial charge in [-0.3, -0.25) is 4.99 Å². The standard InChI is InChI=1S/C22H25.C14H21ClO.C11H13NSi.Zr/c1-5-7-16-14-18-8-6-9-20(21(18)15-16)17-10-12-19(13-11-17)22(2,3)4;1-13(2,3)9-7-8-10(16)11(12(9)15)14(4,5)6;1-4-7-11-10-8(12-7)5-6-9(10)13(11,2)3;/h6,8-15H,5,7H2,1-4H3;7-8,16H,1-6H3;5-6H,4H2,1-3H3;/q-1;;;+2/p-1. The van der Waals surface area contributed by atoms with Crippen LogP contribution in [-0.4, -0.2) is 13.8 Å². The van der Waals surface area contributed by atoms with Crippen LogP contribution in [0.3, 0.4) is 0 Å². The van der Waals surface area contributed by atoms with Gasteiger partial charge in [-0.1, -0.05) is 161 Å². The first-order chi connectivity index (χ1) is 23.7. The van der Waals surface area contributed by atoms with E-state index < -0.39 is 8.07 Å². The molecule has 0 radical (unpaired) electrons. The van der Waals surface area contributed by atoms with Crippen LogP contribution in [0.4, 0.5) is 0 Å². The molecule has 0 fully saturated rings. The molecule has 52 heavy (non-hydrogen) atoms. The molecule has 4 aromatic carbocycles. The molecule has 0 saturated heterocycles. The molecule has 0 aromatic heterocycles. The topological polar surface area (TPSA) is 35.4 Å². The molecule has 0 unspecified atom stereocenters. The summed E-state index contributed by atoms with van der Waals surface area (Å²) >= 11 is 6.38. The van der Waals surface area contributed by atoms with Crippen LogP contribution in [0, 0.1) is 0 Å². The normalized spacial score (nSPS) is 15.7. The summed E-state index contributed by atoms with van der Waals surface area (Å²) in [6.45, 7) is 28.5. The van der Waals surface area contributed by atoms with E-state index in [9.17, 15) is 5.11 Å². The van der Waals surface area contributed by atoms with E-state index in [1.807, 2.05) is 26.8 Å². The number of halogens is 1. The van der Waals surface area contributed by atoms with E-state index >= 15 is 0 Å². The van der Waals surface area contributed by atoms with Gasteiger partial charge in [0.2, 0.25) is 0 Å². The van der Waals surface area contributed by atoms with Crippen LogP contribution in [0.25, 0.3) is 21.9 Å². The number of aliphatic imine (C=N–C) groups is 1. The Bertz CT molecular complexity index is 2070. The van der Waals surface area contributed by atoms with Gasteiger partial charge < -0.3 is 5.11 Å². The van der Waals surface area contributed by atoms with E-state index in [4.69, 9.17) is 11.6 Å². The van der Waals surface area contributed by atoms with Crippen LogP contribution >= 0.6 is 11.6 Å². The number of hydrogen-bond acceptors (Lipinski definition) is 2. The number of aryl methyl sites for hydroxylation is 1. The first kappa shape index (κ1) is 42.1. The zero-order valence-corrected chi connectivity index (χ0v) is 38.1. The van der Waals surface area contributed by atoms with Crippen molar-refractivity contribution in [3.05, 3.63) is 128 Å². The minimum atomic E-state index is -1.19. The first-order valence-electron chi connectivity index (χ1n) is 18.8. The predicted molar refractivity (Wildman–Crippen MR) is 224 cm³/mol. The molecule has 2 nitrogen and oxygen atoms in total. The van der Waals surface area contributed by atoms with Crippen LogP contribution in [0.2, 0.25) is 18.1 Å². The van der Waals surface area contributed by atoms with E-state index in [0.717, 1.165) is 24.0 Å². The number of allylic oxidation sites excluding steroid dienone is 4. The largest absolute Gasteiger partial charge is 2.00 e. The van der Waals surface area contributed by atoms with Crippen molar-refractivity contribution in [1.82, 2.24) is 0 Å². The van der Waals surface area contributed by atoms with Crippen molar-refractivity contribution in [3.8, 4) is 16.9 Å². The summed E-state index contributed by atoms with van der Waals surface area (Å²) in [5.41, 5.74) is 11.3. The third kappa shape index (κ3) is 8.35. The molecular formula is C47H58ClNOSiZr. The molecule has 0 N–H and O–H groups in total. The van der Waals surface area contributed by atoms with Crippen LogP contribution in [0.1, 0.15) is 111 Å².